The number of fused-ring (bicyclic) bond motifs is 1. The summed E-state index contributed by atoms with van der Waals surface area (Å²) < 4.78 is 7.12. The van der Waals surface area contributed by atoms with Crippen LogP contribution < -0.4 is 31.6 Å². The molecule has 4 N–H and O–H groups in total. The molecule has 0 saturated carbocycles. The van der Waals surface area contributed by atoms with Crippen LogP contribution in [0.2, 0.25) is 10.0 Å². The zero-order valence-electron chi connectivity index (χ0n) is 27.7. The molecule has 11 nitrogen and oxygen atoms in total. The number of amides is 2. The third-order valence-electron chi connectivity index (χ3n) is 8.57. The number of ether oxygens (including phenoxy) is 1. The first kappa shape index (κ1) is 35.0. The third kappa shape index (κ3) is 7.81. The molecule has 0 aliphatic carbocycles. The topological polar surface area (TPSA) is 139 Å². The molecule has 6 rings (SSSR count). The number of pyridine rings is 2. The Labute approximate surface area is 299 Å². The summed E-state index contributed by atoms with van der Waals surface area (Å²) in [6.45, 7) is 4.08. The maximum atomic E-state index is 13.2. The number of methoxy groups -OCH3 is 1. The first-order valence-electron chi connectivity index (χ1n) is 16.3. The van der Waals surface area contributed by atoms with Gasteiger partial charge in [0.05, 0.1) is 22.8 Å². The van der Waals surface area contributed by atoms with Crippen molar-refractivity contribution in [2.24, 2.45) is 0 Å². The van der Waals surface area contributed by atoms with Crippen LogP contribution >= 0.6 is 23.2 Å². The van der Waals surface area contributed by atoms with E-state index >= 15 is 0 Å². The summed E-state index contributed by atoms with van der Waals surface area (Å²) in [6, 6.07) is 19.1. The molecule has 4 heterocycles. The number of carbonyl (C=O) groups is 2. The molecule has 1 fully saturated rings. The molecule has 5 aromatic rings. The van der Waals surface area contributed by atoms with Gasteiger partial charge in [0.2, 0.25) is 17.7 Å². The van der Waals surface area contributed by atoms with Crippen LogP contribution in [0, 0.1) is 0 Å². The van der Waals surface area contributed by atoms with Gasteiger partial charge in [-0.25, -0.2) is 9.97 Å². The molecule has 1 saturated heterocycles. The van der Waals surface area contributed by atoms with Gasteiger partial charge in [0.1, 0.15) is 5.65 Å². The number of hydrogen-bond acceptors (Lipinski definition) is 8. The summed E-state index contributed by atoms with van der Waals surface area (Å²) in [5.74, 6) is 0.464. The number of halogens is 2. The summed E-state index contributed by atoms with van der Waals surface area (Å²) in [6.07, 6.45) is 4.62. The Morgan fingerprint density at radius 1 is 0.940 bits per heavy atom. The van der Waals surface area contributed by atoms with Gasteiger partial charge in [-0.1, -0.05) is 65.7 Å². The van der Waals surface area contributed by atoms with Crippen molar-refractivity contribution < 1.29 is 14.3 Å². The lowest BCUT2D eigenvalue weighted by molar-refractivity contribution is -0.120. The van der Waals surface area contributed by atoms with Gasteiger partial charge in [-0.15, -0.1) is 0 Å². The van der Waals surface area contributed by atoms with Gasteiger partial charge in [0, 0.05) is 97.9 Å². The van der Waals surface area contributed by atoms with Gasteiger partial charge in [0.25, 0.3) is 5.56 Å². The normalized spacial score (nSPS) is 14.2. The van der Waals surface area contributed by atoms with Crippen LogP contribution in [-0.4, -0.2) is 59.0 Å². The van der Waals surface area contributed by atoms with E-state index in [0.29, 0.717) is 72.0 Å². The Morgan fingerprint density at radius 3 is 2.38 bits per heavy atom. The summed E-state index contributed by atoms with van der Waals surface area (Å²) in [7, 11) is 1.58. The number of benzene rings is 2. The molecule has 258 valence electrons. The van der Waals surface area contributed by atoms with Gasteiger partial charge in [-0.3, -0.25) is 18.8 Å². The van der Waals surface area contributed by atoms with Gasteiger partial charge < -0.3 is 26.0 Å². The fraction of sp³-hybridized carbons (Fsp3) is 0.270. The van der Waals surface area contributed by atoms with Crippen molar-refractivity contribution in [3.05, 3.63) is 105 Å². The third-order valence-corrected chi connectivity index (χ3v) is 9.38. The first-order chi connectivity index (χ1) is 24.2. The molecular formula is C37H37Cl2N7O4. The van der Waals surface area contributed by atoms with Crippen molar-refractivity contribution in [1.82, 2.24) is 35.6 Å². The van der Waals surface area contributed by atoms with E-state index in [9.17, 15) is 14.4 Å². The molecule has 3 aromatic heterocycles. The molecule has 0 unspecified atom stereocenters. The minimum absolute atomic E-state index is 0.0596. The van der Waals surface area contributed by atoms with Crippen LogP contribution in [0.1, 0.15) is 30.9 Å². The molecule has 1 aliphatic heterocycles. The van der Waals surface area contributed by atoms with Crippen LogP contribution in [-0.2, 0) is 22.7 Å². The van der Waals surface area contributed by atoms with Gasteiger partial charge in [-0.2, -0.15) is 0 Å². The average Bonchev–Trinajstić information content (AvgIpc) is 3.53. The van der Waals surface area contributed by atoms with Crippen molar-refractivity contribution in [2.45, 2.75) is 38.9 Å². The lowest BCUT2D eigenvalue weighted by Crippen LogP contribution is -2.36. The van der Waals surface area contributed by atoms with Gasteiger partial charge in [0.15, 0.2) is 0 Å². The lowest BCUT2D eigenvalue weighted by Gasteiger charge is -2.15. The number of rotatable bonds is 13. The van der Waals surface area contributed by atoms with Crippen LogP contribution in [0.5, 0.6) is 5.88 Å². The minimum atomic E-state index is -0.163. The van der Waals surface area contributed by atoms with Crippen LogP contribution in [0.15, 0.2) is 77.9 Å². The molecule has 1 atom stereocenters. The second kappa shape index (κ2) is 15.8. The fourth-order valence-corrected chi connectivity index (χ4v) is 6.66. The van der Waals surface area contributed by atoms with E-state index in [1.54, 1.807) is 19.5 Å². The summed E-state index contributed by atoms with van der Waals surface area (Å²) in [5.41, 5.74) is 6.16. The SMILES string of the molecule is COc1nc(-c2cccc(-c3cccc(-c4ccn5c(=O)c(CNC[C@H]6CCC(=O)N6)cnc5c4)c3Cl)c2Cl)ccc1CNCCNC(C)=O. The Kier molecular flexibility index (Phi) is 11.1. The smallest absolute Gasteiger partial charge is 0.262 e. The van der Waals surface area contributed by atoms with Crippen LogP contribution in [0.4, 0.5) is 0 Å². The van der Waals surface area contributed by atoms with Crippen molar-refractivity contribution in [3.8, 4) is 39.4 Å². The largest absolute Gasteiger partial charge is 0.481 e. The number of carbonyl (C=O) groups excluding carboxylic acids is 2. The molecule has 50 heavy (non-hydrogen) atoms. The van der Waals surface area contributed by atoms with Crippen LogP contribution in [0.25, 0.3) is 39.2 Å². The van der Waals surface area contributed by atoms with Gasteiger partial charge in [-0.05, 0) is 30.2 Å². The zero-order valence-corrected chi connectivity index (χ0v) is 29.2. The van der Waals surface area contributed by atoms with E-state index in [2.05, 4.69) is 26.3 Å². The Bertz CT molecular complexity index is 2120. The van der Waals surface area contributed by atoms with Crippen molar-refractivity contribution in [3.63, 3.8) is 0 Å². The number of nitrogens with one attached hydrogen (secondary N) is 4. The van der Waals surface area contributed by atoms with Crippen molar-refractivity contribution >= 4 is 40.7 Å². The maximum Gasteiger partial charge on any atom is 0.262 e. The van der Waals surface area contributed by atoms with Crippen molar-refractivity contribution in [1.29, 1.82) is 0 Å². The van der Waals surface area contributed by atoms with E-state index in [-0.39, 0.29) is 23.4 Å². The van der Waals surface area contributed by atoms with Gasteiger partial charge >= 0.3 is 0 Å². The predicted molar refractivity (Wildman–Crippen MR) is 195 cm³/mol. The Hall–Kier alpha value is -4.81. The molecule has 0 spiro atoms. The molecule has 13 heteroatoms. The number of aromatic nitrogens is 3. The monoisotopic (exact) mass is 713 g/mol. The van der Waals surface area contributed by atoms with E-state index in [1.807, 2.05) is 60.7 Å². The summed E-state index contributed by atoms with van der Waals surface area (Å²) in [4.78, 5) is 45.1. The fourth-order valence-electron chi connectivity index (χ4n) is 5.99. The van der Waals surface area contributed by atoms with Crippen molar-refractivity contribution in [2.75, 3.05) is 26.7 Å². The highest BCUT2D eigenvalue weighted by atomic mass is 35.5. The standard InChI is InChI=1S/C37H37Cl2N7O4/c1-22(47)42-15-14-40-18-24-9-11-31(45-36(24)50-2)30-8-4-7-29(35(30)39)28-6-3-5-27(34(28)38)23-13-16-46-32(17-23)43-20-25(37(46)49)19-41-21-26-10-12-33(48)44-26/h3-9,11,13,16-17,20,26,40-41H,10,12,14-15,18-19,21H2,1-2H3,(H,42,47)(H,44,48)/t26-/m1/s1. The highest BCUT2D eigenvalue weighted by Gasteiger charge is 2.21. The Balaban J connectivity index is 1.22. The maximum absolute atomic E-state index is 13.2. The molecule has 0 radical (unpaired) electrons. The molecule has 1 aliphatic rings. The Morgan fingerprint density at radius 2 is 1.66 bits per heavy atom. The zero-order chi connectivity index (χ0) is 35.2. The molecule has 0 bridgehead atoms. The summed E-state index contributed by atoms with van der Waals surface area (Å²) in [5, 5.41) is 13.2. The predicted octanol–water partition coefficient (Wildman–Crippen LogP) is 5.00. The van der Waals surface area contributed by atoms with Crippen LogP contribution in [0.3, 0.4) is 0 Å². The highest BCUT2D eigenvalue weighted by molar-refractivity contribution is 6.39. The molecule has 2 aromatic carbocycles. The van der Waals surface area contributed by atoms with E-state index < -0.39 is 0 Å². The quantitative estimate of drug-likeness (QED) is 0.125. The summed E-state index contributed by atoms with van der Waals surface area (Å²) >= 11 is 14.1. The van der Waals surface area contributed by atoms with E-state index in [1.165, 1.54) is 11.3 Å². The van der Waals surface area contributed by atoms with E-state index in [0.717, 1.165) is 39.8 Å². The first-order valence-corrected chi connectivity index (χ1v) is 17.1. The lowest BCUT2D eigenvalue weighted by atomic mass is 9.97. The number of nitrogens with zero attached hydrogens (tertiary/aromatic N) is 3. The second-order valence-electron chi connectivity index (χ2n) is 12.0. The highest BCUT2D eigenvalue weighted by Crippen LogP contribution is 2.42. The number of hydrogen-bond donors (Lipinski definition) is 4. The second-order valence-corrected chi connectivity index (χ2v) is 12.8. The average molecular weight is 715 g/mol. The minimum Gasteiger partial charge on any atom is -0.481 e. The molecular weight excluding hydrogens is 677 g/mol. The van der Waals surface area contributed by atoms with E-state index in [4.69, 9.17) is 32.9 Å². The molecule has 2 amide bonds.